The third-order valence-corrected chi connectivity index (χ3v) is 3.87. The third-order valence-electron chi connectivity index (χ3n) is 3.62. The minimum Gasteiger partial charge on any atom is -0.464 e. The molecule has 5 nitrogen and oxygen atoms in total. The van der Waals surface area contributed by atoms with E-state index in [4.69, 9.17) is 11.6 Å². The first kappa shape index (κ1) is 20.6. The van der Waals surface area contributed by atoms with Gasteiger partial charge in [-0.25, -0.2) is 9.59 Å². The molecule has 0 spiro atoms. The number of benzene rings is 2. The highest BCUT2D eigenvalue weighted by atomic mass is 35.5. The van der Waals surface area contributed by atoms with E-state index in [1.807, 2.05) is 0 Å². The number of esters is 1. The Morgan fingerprint density at radius 1 is 1.04 bits per heavy atom. The summed E-state index contributed by atoms with van der Waals surface area (Å²) in [6.07, 6.45) is -5.15. The molecule has 0 aliphatic carbocycles. The molecule has 0 saturated heterocycles. The monoisotopic (exact) mass is 400 g/mol. The van der Waals surface area contributed by atoms with Crippen molar-refractivity contribution in [1.29, 1.82) is 0 Å². The quantitative estimate of drug-likeness (QED) is 0.727. The van der Waals surface area contributed by atoms with E-state index in [1.54, 1.807) is 5.32 Å². The Bertz CT molecular complexity index is 798. The van der Waals surface area contributed by atoms with Gasteiger partial charge in [0, 0.05) is 10.7 Å². The Morgan fingerprint density at radius 2 is 1.63 bits per heavy atom. The predicted octanol–water partition coefficient (Wildman–Crippen LogP) is 4.48. The molecule has 2 amide bonds. The molecule has 2 aromatic carbocycles. The van der Waals surface area contributed by atoms with Crippen LogP contribution in [0.2, 0.25) is 5.02 Å². The average molecular weight is 401 g/mol. The number of anilines is 1. The van der Waals surface area contributed by atoms with Gasteiger partial charge in [0.2, 0.25) is 0 Å². The van der Waals surface area contributed by atoms with E-state index in [9.17, 15) is 22.8 Å². The first-order valence-electron chi connectivity index (χ1n) is 7.85. The van der Waals surface area contributed by atoms with Crippen molar-refractivity contribution in [3.8, 4) is 0 Å². The predicted molar refractivity (Wildman–Crippen MR) is 94.4 cm³/mol. The van der Waals surface area contributed by atoms with Crippen molar-refractivity contribution in [3.05, 3.63) is 65.2 Å². The van der Waals surface area contributed by atoms with Crippen molar-refractivity contribution in [1.82, 2.24) is 5.32 Å². The van der Waals surface area contributed by atoms with Gasteiger partial charge in [-0.1, -0.05) is 41.9 Å². The number of nitrogens with one attached hydrogen (secondary N) is 2. The van der Waals surface area contributed by atoms with Gasteiger partial charge in [0.15, 0.2) is 0 Å². The molecule has 2 rings (SSSR count). The van der Waals surface area contributed by atoms with Crippen LogP contribution in [0.25, 0.3) is 0 Å². The molecule has 0 unspecified atom stereocenters. The van der Waals surface area contributed by atoms with Gasteiger partial charge in [-0.2, -0.15) is 13.2 Å². The smallest absolute Gasteiger partial charge is 0.426 e. The second-order valence-electron chi connectivity index (χ2n) is 5.42. The molecule has 144 valence electrons. The molecule has 0 fully saturated rings. The molecule has 1 atom stereocenters. The fraction of sp³-hybridized carbons (Fsp3) is 0.222. The molecule has 9 heteroatoms. The lowest BCUT2D eigenvalue weighted by molar-refractivity contribution is -0.213. The summed E-state index contributed by atoms with van der Waals surface area (Å²) < 4.78 is 46.7. The second-order valence-corrected chi connectivity index (χ2v) is 5.86. The van der Waals surface area contributed by atoms with Crippen LogP contribution < -0.4 is 10.6 Å². The molecule has 0 heterocycles. The van der Waals surface area contributed by atoms with E-state index in [1.165, 1.54) is 49.4 Å². The van der Waals surface area contributed by atoms with Gasteiger partial charge in [-0.05, 0) is 36.8 Å². The van der Waals surface area contributed by atoms with Crippen LogP contribution in [-0.4, -0.2) is 24.8 Å². The molecule has 0 aliphatic heterocycles. The highest BCUT2D eigenvalue weighted by Gasteiger charge is 2.64. The number of carbonyl (C=O) groups is 2. The first-order valence-corrected chi connectivity index (χ1v) is 8.22. The number of rotatable bonds is 5. The standard InChI is InChI=1S/C18H16ClF3N2O3/c1-2-27-15(25)17(18(20,21)22,12-6-4-3-5-7-12)24-16(26)23-14-10-8-13(19)9-11-14/h3-11H,2H2,1H3,(H2,23,24,26)/t17-/m0/s1. The highest BCUT2D eigenvalue weighted by molar-refractivity contribution is 6.30. The average Bonchev–Trinajstić information content (AvgIpc) is 2.61. The highest BCUT2D eigenvalue weighted by Crippen LogP contribution is 2.40. The normalized spacial score (nSPS) is 13.4. The van der Waals surface area contributed by atoms with Crippen molar-refractivity contribution in [3.63, 3.8) is 0 Å². The van der Waals surface area contributed by atoms with Crippen LogP contribution in [0, 0.1) is 0 Å². The Balaban J connectivity index is 2.43. The Morgan fingerprint density at radius 3 is 2.15 bits per heavy atom. The summed E-state index contributed by atoms with van der Waals surface area (Å²) >= 11 is 5.73. The summed E-state index contributed by atoms with van der Waals surface area (Å²) in [5.74, 6) is -1.63. The van der Waals surface area contributed by atoms with Crippen LogP contribution in [0.5, 0.6) is 0 Å². The van der Waals surface area contributed by atoms with Crippen LogP contribution in [0.1, 0.15) is 12.5 Å². The van der Waals surface area contributed by atoms with Crippen LogP contribution in [-0.2, 0) is 15.1 Å². The Labute approximate surface area is 158 Å². The van der Waals surface area contributed by atoms with E-state index >= 15 is 0 Å². The summed E-state index contributed by atoms with van der Waals surface area (Å²) in [6, 6.07) is 10.8. The van der Waals surface area contributed by atoms with Gasteiger partial charge in [0.05, 0.1) is 6.61 Å². The van der Waals surface area contributed by atoms with Gasteiger partial charge in [0.1, 0.15) is 0 Å². The van der Waals surface area contributed by atoms with E-state index < -0.39 is 29.3 Å². The van der Waals surface area contributed by atoms with Crippen LogP contribution in [0.4, 0.5) is 23.7 Å². The van der Waals surface area contributed by atoms with Gasteiger partial charge < -0.3 is 15.4 Å². The number of carbonyl (C=O) groups excluding carboxylic acids is 2. The van der Waals surface area contributed by atoms with Crippen LogP contribution in [0.15, 0.2) is 54.6 Å². The van der Waals surface area contributed by atoms with Crippen molar-refractivity contribution < 1.29 is 27.5 Å². The molecule has 0 aromatic heterocycles. The topological polar surface area (TPSA) is 67.4 Å². The summed E-state index contributed by atoms with van der Waals surface area (Å²) in [5, 5.41) is 4.39. The van der Waals surface area contributed by atoms with Gasteiger partial charge >= 0.3 is 18.2 Å². The first-order chi connectivity index (χ1) is 12.7. The van der Waals surface area contributed by atoms with E-state index in [0.717, 1.165) is 12.1 Å². The molecule has 0 radical (unpaired) electrons. The zero-order valence-electron chi connectivity index (χ0n) is 14.1. The lowest BCUT2D eigenvalue weighted by Gasteiger charge is -2.34. The Kier molecular flexibility index (Phi) is 6.32. The second kappa shape index (κ2) is 8.30. The third kappa shape index (κ3) is 4.51. The minimum atomic E-state index is -5.15. The van der Waals surface area contributed by atoms with Crippen LogP contribution in [0.3, 0.4) is 0 Å². The maximum Gasteiger partial charge on any atom is 0.426 e. The van der Waals surface area contributed by atoms with Gasteiger partial charge in [-0.15, -0.1) is 0 Å². The SMILES string of the molecule is CCOC(=O)[C@@](NC(=O)Nc1ccc(Cl)cc1)(c1ccccc1)C(F)(F)F. The maximum atomic E-state index is 14.0. The lowest BCUT2D eigenvalue weighted by atomic mass is 9.89. The number of ether oxygens (including phenoxy) is 1. The lowest BCUT2D eigenvalue weighted by Crippen LogP contribution is -2.62. The number of hydrogen-bond donors (Lipinski definition) is 2. The van der Waals surface area contributed by atoms with Crippen molar-refractivity contribution in [2.75, 3.05) is 11.9 Å². The summed E-state index contributed by atoms with van der Waals surface area (Å²) in [6.45, 7) is 1.09. The molecular weight excluding hydrogens is 385 g/mol. The molecule has 2 aromatic rings. The Hall–Kier alpha value is -2.74. The van der Waals surface area contributed by atoms with Crippen molar-refractivity contribution in [2.24, 2.45) is 0 Å². The summed E-state index contributed by atoms with van der Waals surface area (Å²) in [7, 11) is 0. The largest absolute Gasteiger partial charge is 0.464 e. The van der Waals surface area contributed by atoms with Crippen LogP contribution >= 0.6 is 11.6 Å². The summed E-state index contributed by atoms with van der Waals surface area (Å²) in [5.41, 5.74) is -3.63. The number of urea groups is 1. The molecule has 2 N–H and O–H groups in total. The molecular formula is C18H16ClF3N2O3. The molecule has 0 aliphatic rings. The van der Waals surface area contributed by atoms with E-state index in [-0.39, 0.29) is 12.3 Å². The molecule has 0 bridgehead atoms. The maximum absolute atomic E-state index is 14.0. The van der Waals surface area contributed by atoms with Gasteiger partial charge in [-0.3, -0.25) is 0 Å². The zero-order valence-corrected chi connectivity index (χ0v) is 14.9. The molecule has 0 saturated carbocycles. The number of alkyl halides is 3. The van der Waals surface area contributed by atoms with E-state index in [2.05, 4.69) is 10.1 Å². The fourth-order valence-corrected chi connectivity index (χ4v) is 2.51. The van der Waals surface area contributed by atoms with E-state index in [0.29, 0.717) is 5.02 Å². The number of amides is 2. The number of hydrogen-bond acceptors (Lipinski definition) is 3. The zero-order chi connectivity index (χ0) is 20.1. The van der Waals surface area contributed by atoms with Crippen molar-refractivity contribution in [2.45, 2.75) is 18.6 Å². The fourth-order valence-electron chi connectivity index (χ4n) is 2.38. The summed E-state index contributed by atoms with van der Waals surface area (Å²) in [4.78, 5) is 24.6. The van der Waals surface area contributed by atoms with Crippen molar-refractivity contribution >= 4 is 29.3 Å². The minimum absolute atomic E-state index is 0.199. The molecule has 27 heavy (non-hydrogen) atoms. The number of halogens is 4. The van der Waals surface area contributed by atoms with Gasteiger partial charge in [0.25, 0.3) is 5.54 Å².